The van der Waals surface area contributed by atoms with Gasteiger partial charge in [0.2, 0.25) is 0 Å². The average molecular weight is 191 g/mol. The maximum atomic E-state index is 5.55. The van der Waals surface area contributed by atoms with E-state index in [1.54, 1.807) is 0 Å². The summed E-state index contributed by atoms with van der Waals surface area (Å²) < 4.78 is 0. The first-order valence-electron chi connectivity index (χ1n) is 5.26. The minimum atomic E-state index is 0.597. The molecular weight excluding hydrogens is 174 g/mol. The Morgan fingerprint density at radius 1 is 1.57 bits per heavy atom. The van der Waals surface area contributed by atoms with Crippen molar-refractivity contribution >= 4 is 11.5 Å². The zero-order valence-corrected chi connectivity index (χ0v) is 8.61. The van der Waals surface area contributed by atoms with E-state index in [1.807, 2.05) is 12.3 Å². The lowest BCUT2D eigenvalue weighted by Crippen LogP contribution is -2.19. The van der Waals surface area contributed by atoms with E-state index in [2.05, 4.69) is 22.9 Å². The van der Waals surface area contributed by atoms with Crippen LogP contribution in [0, 0.1) is 5.92 Å². The quantitative estimate of drug-likeness (QED) is 0.776. The number of rotatable bonds is 2. The Labute approximate surface area is 84.9 Å². The lowest BCUT2D eigenvalue weighted by Gasteiger charge is -2.17. The van der Waals surface area contributed by atoms with Gasteiger partial charge >= 0.3 is 0 Å². The Hall–Kier alpha value is -1.25. The molecule has 0 aliphatic carbocycles. The van der Waals surface area contributed by atoms with Gasteiger partial charge in [-0.05, 0) is 24.5 Å². The summed E-state index contributed by atoms with van der Waals surface area (Å²) in [6, 6.07) is 3.93. The van der Waals surface area contributed by atoms with Crippen LogP contribution in [-0.2, 0) is 0 Å². The Balaban J connectivity index is 2.06. The smallest absolute Gasteiger partial charge is 0.123 e. The molecule has 0 spiro atoms. The normalized spacial score (nSPS) is 21.5. The van der Waals surface area contributed by atoms with Crippen LogP contribution in [0.4, 0.5) is 11.5 Å². The molecule has 0 saturated carbocycles. The molecule has 1 aliphatic heterocycles. The summed E-state index contributed by atoms with van der Waals surface area (Å²) >= 11 is 0. The van der Waals surface area contributed by atoms with Gasteiger partial charge in [-0.1, -0.05) is 13.3 Å². The second-order valence-electron chi connectivity index (χ2n) is 3.95. The van der Waals surface area contributed by atoms with Gasteiger partial charge in [-0.25, -0.2) is 4.98 Å². The second-order valence-corrected chi connectivity index (χ2v) is 3.95. The predicted molar refractivity (Wildman–Crippen MR) is 59.3 cm³/mol. The van der Waals surface area contributed by atoms with Gasteiger partial charge in [-0.15, -0.1) is 0 Å². The van der Waals surface area contributed by atoms with Crippen LogP contribution in [0.15, 0.2) is 18.3 Å². The molecule has 2 heterocycles. The monoisotopic (exact) mass is 191 g/mol. The van der Waals surface area contributed by atoms with E-state index < -0.39 is 0 Å². The number of nitrogens with zero attached hydrogens (tertiary/aromatic N) is 2. The second kappa shape index (κ2) is 3.86. The summed E-state index contributed by atoms with van der Waals surface area (Å²) in [5.74, 6) is 1.45. The van der Waals surface area contributed by atoms with E-state index in [-0.39, 0.29) is 0 Å². The highest BCUT2D eigenvalue weighted by molar-refractivity contribution is 5.48. The van der Waals surface area contributed by atoms with E-state index >= 15 is 0 Å². The van der Waals surface area contributed by atoms with Crippen molar-refractivity contribution in [3.8, 4) is 0 Å². The van der Waals surface area contributed by atoms with E-state index in [1.165, 1.54) is 25.1 Å². The zero-order chi connectivity index (χ0) is 9.97. The molecule has 2 N–H and O–H groups in total. The van der Waals surface area contributed by atoms with Crippen LogP contribution in [0.25, 0.3) is 0 Å². The third kappa shape index (κ3) is 1.81. The summed E-state index contributed by atoms with van der Waals surface area (Å²) in [7, 11) is 0. The van der Waals surface area contributed by atoms with Crippen LogP contribution in [0.5, 0.6) is 0 Å². The number of hydrogen-bond acceptors (Lipinski definition) is 3. The predicted octanol–water partition coefficient (Wildman–Crippen LogP) is 1.90. The third-order valence-corrected chi connectivity index (χ3v) is 3.00. The molecule has 1 aromatic rings. The van der Waals surface area contributed by atoms with Gasteiger partial charge in [0, 0.05) is 13.1 Å². The molecule has 0 aromatic carbocycles. The Morgan fingerprint density at radius 2 is 2.43 bits per heavy atom. The molecule has 14 heavy (non-hydrogen) atoms. The molecule has 1 fully saturated rings. The maximum Gasteiger partial charge on any atom is 0.123 e. The maximum absolute atomic E-state index is 5.55. The summed E-state index contributed by atoms with van der Waals surface area (Å²) in [6.07, 6.45) is 4.45. The molecule has 1 aromatic heterocycles. The van der Waals surface area contributed by atoms with Gasteiger partial charge in [-0.2, -0.15) is 0 Å². The molecule has 76 valence electrons. The van der Waals surface area contributed by atoms with Gasteiger partial charge in [0.15, 0.2) is 0 Å². The standard InChI is InChI=1S/C11H17N3/c1-2-9-5-6-14(8-9)10-3-4-11(12)13-7-10/h3-4,7,9H,2,5-6,8H2,1H3,(H2,12,13). The van der Waals surface area contributed by atoms with Gasteiger partial charge < -0.3 is 10.6 Å². The molecule has 0 amide bonds. The number of nitrogens with two attached hydrogens (primary N) is 1. The third-order valence-electron chi connectivity index (χ3n) is 3.00. The summed E-state index contributed by atoms with van der Waals surface area (Å²) in [5.41, 5.74) is 6.75. The number of pyridine rings is 1. The van der Waals surface area contributed by atoms with Crippen molar-refractivity contribution in [3.05, 3.63) is 18.3 Å². The SMILES string of the molecule is CCC1CCN(c2ccc(N)nc2)C1. The van der Waals surface area contributed by atoms with Crippen LogP contribution >= 0.6 is 0 Å². The Kier molecular flexibility index (Phi) is 2.57. The highest BCUT2D eigenvalue weighted by atomic mass is 15.2. The van der Waals surface area contributed by atoms with Gasteiger partial charge in [0.05, 0.1) is 11.9 Å². The molecular formula is C11H17N3. The van der Waals surface area contributed by atoms with Crippen LogP contribution in [0.1, 0.15) is 19.8 Å². The van der Waals surface area contributed by atoms with Crippen molar-refractivity contribution in [2.45, 2.75) is 19.8 Å². The lowest BCUT2D eigenvalue weighted by molar-refractivity contribution is 0.569. The molecule has 1 unspecified atom stereocenters. The van der Waals surface area contributed by atoms with Crippen molar-refractivity contribution in [2.24, 2.45) is 5.92 Å². The van der Waals surface area contributed by atoms with Crippen molar-refractivity contribution < 1.29 is 0 Å². The number of aromatic nitrogens is 1. The average Bonchev–Trinajstić information content (AvgIpc) is 2.67. The minimum Gasteiger partial charge on any atom is -0.384 e. The first-order valence-corrected chi connectivity index (χ1v) is 5.26. The molecule has 1 atom stereocenters. The van der Waals surface area contributed by atoms with Gasteiger partial charge in [0.1, 0.15) is 5.82 Å². The first kappa shape index (κ1) is 9.31. The molecule has 0 radical (unpaired) electrons. The lowest BCUT2D eigenvalue weighted by atomic mass is 10.1. The number of hydrogen-bond donors (Lipinski definition) is 1. The molecule has 1 aliphatic rings. The van der Waals surface area contributed by atoms with E-state index in [0.29, 0.717) is 5.82 Å². The molecule has 3 nitrogen and oxygen atoms in total. The molecule has 0 bridgehead atoms. The van der Waals surface area contributed by atoms with E-state index in [0.717, 1.165) is 12.5 Å². The number of anilines is 2. The van der Waals surface area contributed by atoms with Crippen LogP contribution in [0.3, 0.4) is 0 Å². The fourth-order valence-electron chi connectivity index (χ4n) is 1.98. The highest BCUT2D eigenvalue weighted by Crippen LogP contribution is 2.24. The van der Waals surface area contributed by atoms with Crippen LogP contribution in [-0.4, -0.2) is 18.1 Å². The minimum absolute atomic E-state index is 0.597. The van der Waals surface area contributed by atoms with Crippen LogP contribution in [0.2, 0.25) is 0 Å². The largest absolute Gasteiger partial charge is 0.384 e. The van der Waals surface area contributed by atoms with Gasteiger partial charge in [-0.3, -0.25) is 0 Å². The summed E-state index contributed by atoms with van der Waals surface area (Å²) in [5, 5.41) is 0. The van der Waals surface area contributed by atoms with Crippen molar-refractivity contribution in [3.63, 3.8) is 0 Å². The molecule has 1 saturated heterocycles. The molecule has 2 rings (SSSR count). The topological polar surface area (TPSA) is 42.1 Å². The summed E-state index contributed by atoms with van der Waals surface area (Å²) in [6.45, 7) is 4.58. The Bertz CT molecular complexity index is 294. The Morgan fingerprint density at radius 3 is 3.00 bits per heavy atom. The summed E-state index contributed by atoms with van der Waals surface area (Å²) in [4.78, 5) is 6.50. The highest BCUT2D eigenvalue weighted by Gasteiger charge is 2.20. The molecule has 3 heteroatoms. The van der Waals surface area contributed by atoms with Gasteiger partial charge in [0.25, 0.3) is 0 Å². The fraction of sp³-hybridized carbons (Fsp3) is 0.545. The van der Waals surface area contributed by atoms with Crippen molar-refractivity contribution in [2.75, 3.05) is 23.7 Å². The van der Waals surface area contributed by atoms with Crippen molar-refractivity contribution in [1.29, 1.82) is 0 Å². The first-order chi connectivity index (χ1) is 6.79. The zero-order valence-electron chi connectivity index (χ0n) is 8.61. The number of nitrogen functional groups attached to an aromatic ring is 1. The van der Waals surface area contributed by atoms with Crippen LogP contribution < -0.4 is 10.6 Å². The van der Waals surface area contributed by atoms with Crippen molar-refractivity contribution in [1.82, 2.24) is 4.98 Å². The van der Waals surface area contributed by atoms with E-state index in [4.69, 9.17) is 5.73 Å². The van der Waals surface area contributed by atoms with E-state index in [9.17, 15) is 0 Å². The fourth-order valence-corrected chi connectivity index (χ4v) is 1.98.